The fraction of sp³-hybridized carbons (Fsp3) is 0.500. The summed E-state index contributed by atoms with van der Waals surface area (Å²) in [5.41, 5.74) is 3.45. The summed E-state index contributed by atoms with van der Waals surface area (Å²) in [4.78, 5) is 13.8. The van der Waals surface area contributed by atoms with Gasteiger partial charge in [-0.3, -0.25) is 4.79 Å². The van der Waals surface area contributed by atoms with Gasteiger partial charge in [-0.25, -0.2) is 0 Å². The third-order valence-corrected chi connectivity index (χ3v) is 3.57. The monoisotopic (exact) mass is 217 g/mol. The summed E-state index contributed by atoms with van der Waals surface area (Å²) in [6.07, 6.45) is 1.14. The molecule has 0 spiro atoms. The maximum atomic E-state index is 11.9. The van der Waals surface area contributed by atoms with E-state index in [1.165, 1.54) is 11.1 Å². The number of nitrogens with zero attached hydrogens (tertiary/aromatic N) is 1. The average molecular weight is 217 g/mol. The molecule has 1 aliphatic heterocycles. The van der Waals surface area contributed by atoms with E-state index in [9.17, 15) is 4.79 Å². The van der Waals surface area contributed by atoms with E-state index in [0.29, 0.717) is 5.92 Å². The number of hydrogen-bond donors (Lipinski definition) is 0. The molecular weight excluding hydrogens is 198 g/mol. The van der Waals surface area contributed by atoms with Crippen molar-refractivity contribution >= 4 is 5.91 Å². The Kier molecular flexibility index (Phi) is 2.99. The summed E-state index contributed by atoms with van der Waals surface area (Å²) < 4.78 is 0. The lowest BCUT2D eigenvalue weighted by Gasteiger charge is -2.11. The second-order valence-corrected chi connectivity index (χ2v) is 4.55. The Labute approximate surface area is 97.3 Å². The number of hydrogen-bond acceptors (Lipinski definition) is 1. The van der Waals surface area contributed by atoms with Crippen LogP contribution in [-0.4, -0.2) is 17.4 Å². The summed E-state index contributed by atoms with van der Waals surface area (Å²) in [7, 11) is 0. The van der Waals surface area contributed by atoms with Gasteiger partial charge in [-0.2, -0.15) is 0 Å². The van der Waals surface area contributed by atoms with Crippen molar-refractivity contribution in [1.29, 1.82) is 0 Å². The minimum absolute atomic E-state index is 0.188. The Balaban J connectivity index is 2.33. The number of rotatable bonds is 3. The standard InChI is InChI=1S/C14H19NO/c1-4-10(3)11-6-7-13-12(8-11)9-15(5-2)14(13)16/h6-8,10H,4-5,9H2,1-3H3. The van der Waals surface area contributed by atoms with Crippen LogP contribution in [0.1, 0.15) is 54.6 Å². The summed E-state index contributed by atoms with van der Waals surface area (Å²) in [6.45, 7) is 8.04. The first-order chi connectivity index (χ1) is 7.67. The topological polar surface area (TPSA) is 20.3 Å². The maximum absolute atomic E-state index is 11.9. The van der Waals surface area contributed by atoms with Crippen LogP contribution in [-0.2, 0) is 6.54 Å². The first-order valence-electron chi connectivity index (χ1n) is 6.09. The van der Waals surface area contributed by atoms with E-state index < -0.39 is 0 Å². The molecule has 0 aliphatic carbocycles. The fourth-order valence-electron chi connectivity index (χ4n) is 2.20. The van der Waals surface area contributed by atoms with Crippen molar-refractivity contribution in [2.45, 2.75) is 39.7 Å². The van der Waals surface area contributed by atoms with Gasteiger partial charge in [0, 0.05) is 18.7 Å². The first kappa shape index (κ1) is 11.2. The summed E-state index contributed by atoms with van der Waals surface area (Å²) in [6, 6.07) is 6.30. The fourth-order valence-corrected chi connectivity index (χ4v) is 2.20. The largest absolute Gasteiger partial charge is 0.335 e. The number of benzene rings is 1. The predicted octanol–water partition coefficient (Wildman–Crippen LogP) is 3.18. The highest BCUT2D eigenvalue weighted by Crippen LogP contribution is 2.27. The van der Waals surface area contributed by atoms with Crippen LogP contribution in [0.5, 0.6) is 0 Å². The van der Waals surface area contributed by atoms with E-state index in [1.807, 2.05) is 17.9 Å². The van der Waals surface area contributed by atoms with Gasteiger partial charge in [0.15, 0.2) is 0 Å². The molecule has 1 atom stereocenters. The Morgan fingerprint density at radius 3 is 2.75 bits per heavy atom. The van der Waals surface area contributed by atoms with Crippen LogP contribution in [0, 0.1) is 0 Å². The summed E-state index contributed by atoms with van der Waals surface area (Å²) in [5.74, 6) is 0.768. The first-order valence-corrected chi connectivity index (χ1v) is 6.09. The molecular formula is C14H19NO. The third kappa shape index (κ3) is 1.73. The lowest BCUT2D eigenvalue weighted by atomic mass is 9.95. The molecule has 0 aromatic heterocycles. The van der Waals surface area contributed by atoms with Crippen molar-refractivity contribution in [3.63, 3.8) is 0 Å². The lowest BCUT2D eigenvalue weighted by Crippen LogP contribution is -2.22. The Hall–Kier alpha value is -1.31. The molecule has 0 radical (unpaired) electrons. The van der Waals surface area contributed by atoms with Gasteiger partial charge < -0.3 is 4.90 Å². The molecule has 2 heteroatoms. The molecule has 0 saturated carbocycles. The molecule has 1 aliphatic rings. The van der Waals surface area contributed by atoms with Gasteiger partial charge in [-0.15, -0.1) is 0 Å². The van der Waals surface area contributed by atoms with Crippen LogP contribution in [0.4, 0.5) is 0 Å². The molecule has 0 bridgehead atoms. The molecule has 86 valence electrons. The molecule has 1 unspecified atom stereocenters. The normalized spacial score (nSPS) is 16.4. The van der Waals surface area contributed by atoms with E-state index in [4.69, 9.17) is 0 Å². The molecule has 1 aromatic rings. The summed E-state index contributed by atoms with van der Waals surface area (Å²) >= 11 is 0. The van der Waals surface area contributed by atoms with Crippen molar-refractivity contribution in [3.05, 3.63) is 34.9 Å². The Morgan fingerprint density at radius 2 is 2.12 bits per heavy atom. The van der Waals surface area contributed by atoms with Crippen LogP contribution >= 0.6 is 0 Å². The minimum atomic E-state index is 0.188. The second-order valence-electron chi connectivity index (χ2n) is 4.55. The number of fused-ring (bicyclic) bond motifs is 1. The van der Waals surface area contributed by atoms with Gasteiger partial charge in [0.2, 0.25) is 0 Å². The quantitative estimate of drug-likeness (QED) is 0.761. The molecule has 0 saturated heterocycles. The van der Waals surface area contributed by atoms with Crippen molar-refractivity contribution in [2.75, 3.05) is 6.54 Å². The minimum Gasteiger partial charge on any atom is -0.335 e. The van der Waals surface area contributed by atoms with Crippen LogP contribution < -0.4 is 0 Å². The van der Waals surface area contributed by atoms with E-state index in [-0.39, 0.29) is 5.91 Å². The van der Waals surface area contributed by atoms with E-state index >= 15 is 0 Å². The average Bonchev–Trinajstić information content (AvgIpc) is 2.64. The van der Waals surface area contributed by atoms with Gasteiger partial charge in [-0.05, 0) is 36.5 Å². The van der Waals surface area contributed by atoms with E-state index in [0.717, 1.165) is 25.1 Å². The van der Waals surface area contributed by atoms with Crippen LogP contribution in [0.15, 0.2) is 18.2 Å². The molecule has 1 amide bonds. The van der Waals surface area contributed by atoms with Crippen molar-refractivity contribution < 1.29 is 4.79 Å². The van der Waals surface area contributed by atoms with E-state index in [1.54, 1.807) is 0 Å². The summed E-state index contributed by atoms with van der Waals surface area (Å²) in [5, 5.41) is 0. The molecule has 2 rings (SSSR count). The van der Waals surface area contributed by atoms with Gasteiger partial charge >= 0.3 is 0 Å². The van der Waals surface area contributed by atoms with Gasteiger partial charge in [0.1, 0.15) is 0 Å². The number of carbonyl (C=O) groups excluding carboxylic acids is 1. The van der Waals surface area contributed by atoms with Gasteiger partial charge in [-0.1, -0.05) is 26.0 Å². The van der Waals surface area contributed by atoms with E-state index in [2.05, 4.69) is 26.0 Å². The third-order valence-electron chi connectivity index (χ3n) is 3.57. The number of amides is 1. The number of carbonyl (C=O) groups is 1. The van der Waals surface area contributed by atoms with Crippen LogP contribution in [0.25, 0.3) is 0 Å². The van der Waals surface area contributed by atoms with Crippen molar-refractivity contribution in [1.82, 2.24) is 4.90 Å². The highest BCUT2D eigenvalue weighted by Gasteiger charge is 2.26. The molecule has 1 heterocycles. The Bertz CT molecular complexity index is 411. The highest BCUT2D eigenvalue weighted by molar-refractivity contribution is 5.98. The zero-order chi connectivity index (χ0) is 11.7. The van der Waals surface area contributed by atoms with Gasteiger partial charge in [0.25, 0.3) is 5.91 Å². The Morgan fingerprint density at radius 1 is 1.38 bits per heavy atom. The molecule has 2 nitrogen and oxygen atoms in total. The maximum Gasteiger partial charge on any atom is 0.254 e. The highest BCUT2D eigenvalue weighted by atomic mass is 16.2. The zero-order valence-corrected chi connectivity index (χ0v) is 10.3. The molecule has 0 fully saturated rings. The lowest BCUT2D eigenvalue weighted by molar-refractivity contribution is 0.0787. The second kappa shape index (κ2) is 4.28. The molecule has 0 N–H and O–H groups in total. The van der Waals surface area contributed by atoms with Crippen molar-refractivity contribution in [2.24, 2.45) is 0 Å². The molecule has 16 heavy (non-hydrogen) atoms. The smallest absolute Gasteiger partial charge is 0.254 e. The molecule has 1 aromatic carbocycles. The van der Waals surface area contributed by atoms with Gasteiger partial charge in [0.05, 0.1) is 0 Å². The van der Waals surface area contributed by atoms with Crippen LogP contribution in [0.3, 0.4) is 0 Å². The zero-order valence-electron chi connectivity index (χ0n) is 10.3. The van der Waals surface area contributed by atoms with Crippen LogP contribution in [0.2, 0.25) is 0 Å². The predicted molar refractivity (Wildman–Crippen MR) is 65.6 cm³/mol. The van der Waals surface area contributed by atoms with Crippen molar-refractivity contribution in [3.8, 4) is 0 Å². The SMILES string of the molecule is CCC(C)c1ccc2c(c1)CN(CC)C2=O.